The van der Waals surface area contributed by atoms with Crippen molar-refractivity contribution < 1.29 is 9.21 Å². The summed E-state index contributed by atoms with van der Waals surface area (Å²) in [5.74, 6) is 0.442. The average molecular weight is 310 g/mol. The Labute approximate surface area is 131 Å². The molecule has 1 amide bonds. The Balaban J connectivity index is 1.81. The van der Waals surface area contributed by atoms with Crippen molar-refractivity contribution in [2.45, 2.75) is 76.3 Å². The van der Waals surface area contributed by atoms with Crippen LogP contribution in [0, 0.1) is 0 Å². The molecule has 0 spiro atoms. The van der Waals surface area contributed by atoms with E-state index in [1.54, 1.807) is 12.1 Å². The Morgan fingerprint density at radius 1 is 0.952 bits per heavy atom. The quantitative estimate of drug-likeness (QED) is 0.783. The lowest BCUT2D eigenvalue weighted by molar-refractivity contribution is 0.0417. The van der Waals surface area contributed by atoms with Gasteiger partial charge in [0.05, 0.1) is 0 Å². The molecule has 2 aliphatic carbocycles. The summed E-state index contributed by atoms with van der Waals surface area (Å²) in [7, 11) is 0. The molecule has 2 saturated carbocycles. The lowest BCUT2D eigenvalue weighted by Crippen LogP contribution is -2.48. The summed E-state index contributed by atoms with van der Waals surface area (Å²) < 4.78 is 5.38. The van der Waals surface area contributed by atoms with Gasteiger partial charge in [-0.2, -0.15) is 0 Å². The van der Waals surface area contributed by atoms with E-state index in [2.05, 4.69) is 4.90 Å². The Bertz CT molecular complexity index is 455. The molecule has 3 rings (SSSR count). The molecule has 0 bridgehead atoms. The van der Waals surface area contributed by atoms with E-state index in [1.807, 2.05) is 0 Å². The molecule has 1 aromatic heterocycles. The lowest BCUT2D eigenvalue weighted by atomic mass is 9.88. The van der Waals surface area contributed by atoms with Gasteiger partial charge in [0.25, 0.3) is 5.91 Å². The molecule has 21 heavy (non-hydrogen) atoms. The van der Waals surface area contributed by atoms with Gasteiger partial charge in [-0.25, -0.2) is 0 Å². The van der Waals surface area contributed by atoms with E-state index in [0.717, 1.165) is 25.7 Å². The lowest BCUT2D eigenvalue weighted by Gasteiger charge is -2.41. The number of carbonyl (C=O) groups is 1. The summed E-state index contributed by atoms with van der Waals surface area (Å²) in [5.41, 5.74) is 0. The van der Waals surface area contributed by atoms with Crippen LogP contribution in [0.25, 0.3) is 0 Å². The second-order valence-electron chi connectivity index (χ2n) is 6.40. The first-order valence-electron chi connectivity index (χ1n) is 8.34. The van der Waals surface area contributed by atoms with Gasteiger partial charge in [-0.05, 0) is 49.4 Å². The van der Waals surface area contributed by atoms with E-state index in [0.29, 0.717) is 23.1 Å². The molecule has 2 fully saturated rings. The normalized spacial score (nSPS) is 21.4. The van der Waals surface area contributed by atoms with Crippen LogP contribution in [-0.2, 0) is 0 Å². The third kappa shape index (κ3) is 3.45. The zero-order valence-electron chi connectivity index (χ0n) is 12.5. The third-order valence-electron chi connectivity index (χ3n) is 4.95. The van der Waals surface area contributed by atoms with Crippen molar-refractivity contribution in [3.63, 3.8) is 0 Å². The number of carbonyl (C=O) groups excluding carboxylic acids is 1. The highest BCUT2D eigenvalue weighted by Gasteiger charge is 2.34. The molecule has 0 N–H and O–H groups in total. The molecule has 116 valence electrons. The fourth-order valence-corrected chi connectivity index (χ4v) is 4.05. The topological polar surface area (TPSA) is 33.5 Å². The van der Waals surface area contributed by atoms with Crippen molar-refractivity contribution in [1.29, 1.82) is 0 Å². The minimum absolute atomic E-state index is 0.0423. The number of rotatable bonds is 3. The van der Waals surface area contributed by atoms with Gasteiger partial charge in [0.2, 0.25) is 0 Å². The van der Waals surface area contributed by atoms with E-state index in [4.69, 9.17) is 16.0 Å². The van der Waals surface area contributed by atoms with Crippen LogP contribution in [0.3, 0.4) is 0 Å². The maximum absolute atomic E-state index is 12.9. The minimum atomic E-state index is 0.0423. The van der Waals surface area contributed by atoms with E-state index < -0.39 is 0 Å². The minimum Gasteiger partial charge on any atom is -0.440 e. The maximum atomic E-state index is 12.9. The largest absolute Gasteiger partial charge is 0.440 e. The molecular weight excluding hydrogens is 286 g/mol. The highest BCUT2D eigenvalue weighted by atomic mass is 35.5. The van der Waals surface area contributed by atoms with E-state index in [-0.39, 0.29) is 5.91 Å². The van der Waals surface area contributed by atoms with Crippen LogP contribution in [0.2, 0.25) is 5.22 Å². The van der Waals surface area contributed by atoms with Crippen LogP contribution in [0.1, 0.15) is 74.8 Å². The molecule has 3 nitrogen and oxygen atoms in total. The Hall–Kier alpha value is -0.960. The summed E-state index contributed by atoms with van der Waals surface area (Å²) in [5, 5.41) is 0.297. The smallest absolute Gasteiger partial charge is 0.290 e. The van der Waals surface area contributed by atoms with Gasteiger partial charge >= 0.3 is 0 Å². The molecule has 0 aromatic carbocycles. The summed E-state index contributed by atoms with van der Waals surface area (Å²) in [4.78, 5) is 15.1. The molecule has 0 radical (unpaired) electrons. The number of hydrogen-bond acceptors (Lipinski definition) is 2. The van der Waals surface area contributed by atoms with Gasteiger partial charge < -0.3 is 9.32 Å². The molecule has 1 aromatic rings. The van der Waals surface area contributed by atoms with E-state index >= 15 is 0 Å². The maximum Gasteiger partial charge on any atom is 0.290 e. The van der Waals surface area contributed by atoms with Crippen molar-refractivity contribution >= 4 is 17.5 Å². The number of furan rings is 1. The predicted molar refractivity (Wildman–Crippen MR) is 83.6 cm³/mol. The first-order valence-corrected chi connectivity index (χ1v) is 8.71. The second kappa shape index (κ2) is 6.87. The number of halogens is 1. The van der Waals surface area contributed by atoms with Crippen LogP contribution in [0.5, 0.6) is 0 Å². The summed E-state index contributed by atoms with van der Waals surface area (Å²) in [6.45, 7) is 0. The van der Waals surface area contributed by atoms with Crippen LogP contribution < -0.4 is 0 Å². The number of amides is 1. The molecule has 2 aliphatic rings. The fraction of sp³-hybridized carbons (Fsp3) is 0.706. The average Bonchev–Trinajstić information content (AvgIpc) is 2.96. The Morgan fingerprint density at radius 2 is 1.48 bits per heavy atom. The number of nitrogens with zero attached hydrogens (tertiary/aromatic N) is 1. The first kappa shape index (κ1) is 15.0. The molecule has 0 aliphatic heterocycles. The highest BCUT2D eigenvalue weighted by Crippen LogP contribution is 2.32. The van der Waals surface area contributed by atoms with Crippen molar-refractivity contribution in [2.24, 2.45) is 0 Å². The zero-order chi connectivity index (χ0) is 14.7. The molecule has 0 atom stereocenters. The summed E-state index contributed by atoms with van der Waals surface area (Å²) in [6, 6.07) is 4.15. The van der Waals surface area contributed by atoms with Gasteiger partial charge in [-0.1, -0.05) is 38.5 Å². The van der Waals surface area contributed by atoms with Gasteiger partial charge in [-0.15, -0.1) is 0 Å². The Morgan fingerprint density at radius 3 is 1.90 bits per heavy atom. The van der Waals surface area contributed by atoms with Crippen molar-refractivity contribution in [3.8, 4) is 0 Å². The van der Waals surface area contributed by atoms with E-state index in [9.17, 15) is 4.79 Å². The fourth-order valence-electron chi connectivity index (χ4n) is 3.90. The molecule has 0 saturated heterocycles. The third-order valence-corrected chi connectivity index (χ3v) is 5.16. The van der Waals surface area contributed by atoms with Gasteiger partial charge in [0.1, 0.15) is 0 Å². The van der Waals surface area contributed by atoms with Crippen LogP contribution in [0.15, 0.2) is 16.5 Å². The van der Waals surface area contributed by atoms with Crippen molar-refractivity contribution in [2.75, 3.05) is 0 Å². The zero-order valence-corrected chi connectivity index (χ0v) is 13.3. The van der Waals surface area contributed by atoms with Crippen LogP contribution >= 0.6 is 11.6 Å². The highest BCUT2D eigenvalue weighted by molar-refractivity contribution is 6.29. The van der Waals surface area contributed by atoms with Gasteiger partial charge in [-0.3, -0.25) is 4.79 Å². The van der Waals surface area contributed by atoms with Gasteiger partial charge in [0, 0.05) is 12.1 Å². The SMILES string of the molecule is O=C(c1ccc(Cl)o1)N(C1CCCCC1)C1CCCCC1. The first-order chi connectivity index (χ1) is 10.3. The van der Waals surface area contributed by atoms with Crippen LogP contribution in [0.4, 0.5) is 0 Å². The van der Waals surface area contributed by atoms with Crippen molar-refractivity contribution in [3.05, 3.63) is 23.1 Å². The monoisotopic (exact) mass is 309 g/mol. The Kier molecular flexibility index (Phi) is 4.89. The van der Waals surface area contributed by atoms with Gasteiger partial charge in [0.15, 0.2) is 11.0 Å². The summed E-state index contributed by atoms with van der Waals surface area (Å²) in [6.07, 6.45) is 12.1. The van der Waals surface area contributed by atoms with Crippen LogP contribution in [-0.4, -0.2) is 22.9 Å². The van der Waals surface area contributed by atoms with E-state index in [1.165, 1.54) is 38.5 Å². The molecule has 0 unspecified atom stereocenters. The second-order valence-corrected chi connectivity index (χ2v) is 6.77. The summed E-state index contributed by atoms with van der Waals surface area (Å²) >= 11 is 5.84. The standard InChI is InChI=1S/C17H24ClNO2/c18-16-12-11-15(21-16)17(20)19(13-7-3-1-4-8-13)14-9-5-2-6-10-14/h11-14H,1-10H2. The number of hydrogen-bond donors (Lipinski definition) is 0. The predicted octanol–water partition coefficient (Wildman–Crippen LogP) is 5.04. The molecule has 1 heterocycles. The molecule has 4 heteroatoms. The molecular formula is C17H24ClNO2. The van der Waals surface area contributed by atoms with Crippen molar-refractivity contribution in [1.82, 2.24) is 4.90 Å².